The fourth-order valence-electron chi connectivity index (χ4n) is 3.03. The van der Waals surface area contributed by atoms with Gasteiger partial charge in [-0.15, -0.1) is 0 Å². The average Bonchev–Trinajstić information content (AvgIpc) is 2.64. The first-order chi connectivity index (χ1) is 13.5. The Bertz CT molecular complexity index is 1020. The first-order valence-corrected chi connectivity index (χ1v) is 11.1. The molecule has 0 saturated heterocycles. The SMILES string of the molecule is COc1ccc(S(=O)(=O)NC(C)C(=O)NC(C)c2cc(C)c(C)cc2C)cc1Cl. The molecule has 2 atom stereocenters. The van der Waals surface area contributed by atoms with Crippen LogP contribution < -0.4 is 14.8 Å². The van der Waals surface area contributed by atoms with Crippen LogP contribution in [0, 0.1) is 20.8 Å². The van der Waals surface area contributed by atoms with Gasteiger partial charge in [-0.05, 0) is 75.1 Å². The highest BCUT2D eigenvalue weighted by Gasteiger charge is 2.24. The molecule has 0 aliphatic heterocycles. The smallest absolute Gasteiger partial charge is 0.241 e. The first kappa shape index (κ1) is 23.2. The number of rotatable bonds is 7. The lowest BCUT2D eigenvalue weighted by atomic mass is 9.96. The third-order valence-corrected chi connectivity index (χ3v) is 6.70. The van der Waals surface area contributed by atoms with Crippen LogP contribution in [0.25, 0.3) is 0 Å². The number of halogens is 1. The Morgan fingerprint density at radius 3 is 2.24 bits per heavy atom. The van der Waals surface area contributed by atoms with Crippen LogP contribution in [0.15, 0.2) is 35.2 Å². The van der Waals surface area contributed by atoms with Gasteiger partial charge in [-0.2, -0.15) is 4.72 Å². The molecule has 158 valence electrons. The van der Waals surface area contributed by atoms with Crippen molar-refractivity contribution in [2.75, 3.05) is 7.11 Å². The van der Waals surface area contributed by atoms with Crippen LogP contribution >= 0.6 is 11.6 Å². The molecule has 0 aromatic heterocycles. The van der Waals surface area contributed by atoms with Gasteiger partial charge in [-0.3, -0.25) is 4.79 Å². The molecule has 29 heavy (non-hydrogen) atoms. The maximum Gasteiger partial charge on any atom is 0.241 e. The molecule has 0 saturated carbocycles. The van der Waals surface area contributed by atoms with Crippen LogP contribution in [0.5, 0.6) is 5.75 Å². The van der Waals surface area contributed by atoms with Crippen molar-refractivity contribution in [3.8, 4) is 5.75 Å². The second-order valence-electron chi connectivity index (χ2n) is 7.16. The van der Waals surface area contributed by atoms with Crippen molar-refractivity contribution >= 4 is 27.5 Å². The number of amides is 1. The number of hydrogen-bond donors (Lipinski definition) is 2. The van der Waals surface area contributed by atoms with E-state index in [1.165, 1.54) is 37.8 Å². The van der Waals surface area contributed by atoms with Crippen molar-refractivity contribution in [2.24, 2.45) is 0 Å². The molecular formula is C21H27ClN2O4S. The largest absolute Gasteiger partial charge is 0.495 e. The first-order valence-electron chi connectivity index (χ1n) is 9.20. The fourth-order valence-corrected chi connectivity index (χ4v) is 4.59. The zero-order chi connectivity index (χ0) is 21.9. The molecule has 2 aromatic rings. The Hall–Kier alpha value is -2.09. The van der Waals surface area contributed by atoms with Gasteiger partial charge in [0.25, 0.3) is 0 Å². The minimum Gasteiger partial charge on any atom is -0.495 e. The molecule has 0 aliphatic carbocycles. The molecule has 6 nitrogen and oxygen atoms in total. The van der Waals surface area contributed by atoms with Crippen molar-refractivity contribution in [1.29, 1.82) is 0 Å². The lowest BCUT2D eigenvalue weighted by molar-refractivity contribution is -0.123. The second kappa shape index (κ2) is 9.15. The molecule has 2 N–H and O–H groups in total. The van der Waals surface area contributed by atoms with E-state index in [0.29, 0.717) is 5.75 Å². The van der Waals surface area contributed by atoms with Crippen molar-refractivity contribution in [1.82, 2.24) is 10.0 Å². The van der Waals surface area contributed by atoms with Gasteiger partial charge in [-0.25, -0.2) is 8.42 Å². The van der Waals surface area contributed by atoms with Crippen molar-refractivity contribution in [2.45, 2.75) is 51.6 Å². The molecule has 8 heteroatoms. The zero-order valence-electron chi connectivity index (χ0n) is 17.5. The van der Waals surface area contributed by atoms with E-state index in [9.17, 15) is 13.2 Å². The van der Waals surface area contributed by atoms with E-state index in [1.807, 2.05) is 33.8 Å². The number of methoxy groups -OCH3 is 1. The van der Waals surface area contributed by atoms with Gasteiger partial charge >= 0.3 is 0 Å². The van der Waals surface area contributed by atoms with Gasteiger partial charge in [-0.1, -0.05) is 23.7 Å². The average molecular weight is 439 g/mol. The summed E-state index contributed by atoms with van der Waals surface area (Å²) in [6.07, 6.45) is 0. The summed E-state index contributed by atoms with van der Waals surface area (Å²) in [5.41, 5.74) is 4.39. The van der Waals surface area contributed by atoms with Crippen LogP contribution in [-0.2, 0) is 14.8 Å². The Morgan fingerprint density at radius 2 is 1.66 bits per heavy atom. The van der Waals surface area contributed by atoms with Crippen molar-refractivity contribution in [3.05, 3.63) is 57.6 Å². The van der Waals surface area contributed by atoms with Gasteiger partial charge < -0.3 is 10.1 Å². The normalized spacial score (nSPS) is 13.6. The summed E-state index contributed by atoms with van der Waals surface area (Å²) in [6.45, 7) is 9.42. The quantitative estimate of drug-likeness (QED) is 0.688. The van der Waals surface area contributed by atoms with Gasteiger partial charge in [0.1, 0.15) is 5.75 Å². The van der Waals surface area contributed by atoms with Crippen molar-refractivity contribution in [3.63, 3.8) is 0 Å². The molecule has 2 rings (SSSR count). The summed E-state index contributed by atoms with van der Waals surface area (Å²) in [5.74, 6) is -0.0488. The molecule has 0 fully saturated rings. The van der Waals surface area contributed by atoms with Crippen LogP contribution in [-0.4, -0.2) is 27.5 Å². The molecule has 1 amide bonds. The number of carbonyl (C=O) groups is 1. The summed E-state index contributed by atoms with van der Waals surface area (Å²) < 4.78 is 32.6. The maximum atomic E-state index is 12.6. The Labute approximate surface area is 177 Å². The number of nitrogens with one attached hydrogen (secondary N) is 2. The van der Waals surface area contributed by atoms with E-state index >= 15 is 0 Å². The minimum absolute atomic E-state index is 0.0407. The Kier molecular flexibility index (Phi) is 7.32. The summed E-state index contributed by atoms with van der Waals surface area (Å²) >= 11 is 6.01. The molecule has 2 unspecified atom stereocenters. The van der Waals surface area contributed by atoms with E-state index in [-0.39, 0.29) is 16.0 Å². The number of aryl methyl sites for hydroxylation is 3. The minimum atomic E-state index is -3.92. The lowest BCUT2D eigenvalue weighted by Gasteiger charge is -2.21. The van der Waals surface area contributed by atoms with E-state index in [0.717, 1.165) is 16.7 Å². The van der Waals surface area contributed by atoms with Crippen LogP contribution in [0.2, 0.25) is 5.02 Å². The summed E-state index contributed by atoms with van der Waals surface area (Å²) in [4.78, 5) is 12.5. The molecular weight excluding hydrogens is 412 g/mol. The zero-order valence-corrected chi connectivity index (χ0v) is 19.0. The summed E-state index contributed by atoms with van der Waals surface area (Å²) in [7, 11) is -2.48. The van der Waals surface area contributed by atoms with Crippen LogP contribution in [0.1, 0.15) is 42.1 Å². The predicted octanol–water partition coefficient (Wildman–Crippen LogP) is 3.82. The van der Waals surface area contributed by atoms with Crippen LogP contribution in [0.3, 0.4) is 0 Å². The number of ether oxygens (including phenoxy) is 1. The highest BCUT2D eigenvalue weighted by molar-refractivity contribution is 7.89. The summed E-state index contributed by atoms with van der Waals surface area (Å²) in [5, 5.41) is 3.05. The van der Waals surface area contributed by atoms with E-state index in [4.69, 9.17) is 16.3 Å². The number of carbonyl (C=O) groups excluding carboxylic acids is 1. The molecule has 0 aliphatic rings. The third kappa shape index (κ3) is 5.50. The molecule has 0 radical (unpaired) electrons. The molecule has 0 spiro atoms. The van der Waals surface area contributed by atoms with Gasteiger partial charge in [0.2, 0.25) is 15.9 Å². The maximum absolute atomic E-state index is 12.6. The topological polar surface area (TPSA) is 84.5 Å². The second-order valence-corrected chi connectivity index (χ2v) is 9.28. The number of hydrogen-bond acceptors (Lipinski definition) is 4. The third-order valence-electron chi connectivity index (χ3n) is 4.87. The Morgan fingerprint density at radius 1 is 1.03 bits per heavy atom. The standard InChI is InChI=1S/C21H27ClN2O4S/c1-12-9-14(3)18(10-13(12)2)15(4)23-21(25)16(5)24-29(26,27)17-7-8-20(28-6)19(22)11-17/h7-11,15-16,24H,1-6H3,(H,23,25). The van der Waals surface area contributed by atoms with E-state index < -0.39 is 22.0 Å². The van der Waals surface area contributed by atoms with Gasteiger partial charge in [0, 0.05) is 0 Å². The Balaban J connectivity index is 2.12. The summed E-state index contributed by atoms with van der Waals surface area (Å²) in [6, 6.07) is 7.02. The van der Waals surface area contributed by atoms with Crippen molar-refractivity contribution < 1.29 is 17.9 Å². The molecule has 2 aromatic carbocycles. The number of benzene rings is 2. The highest BCUT2D eigenvalue weighted by atomic mass is 35.5. The van der Waals surface area contributed by atoms with Crippen LogP contribution in [0.4, 0.5) is 0 Å². The highest BCUT2D eigenvalue weighted by Crippen LogP contribution is 2.27. The fraction of sp³-hybridized carbons (Fsp3) is 0.381. The lowest BCUT2D eigenvalue weighted by Crippen LogP contribution is -2.45. The van der Waals surface area contributed by atoms with E-state index in [2.05, 4.69) is 16.1 Å². The molecule has 0 heterocycles. The number of sulfonamides is 1. The monoisotopic (exact) mass is 438 g/mol. The predicted molar refractivity (Wildman–Crippen MR) is 115 cm³/mol. The molecule has 0 bridgehead atoms. The van der Waals surface area contributed by atoms with E-state index in [1.54, 1.807) is 0 Å². The van der Waals surface area contributed by atoms with Gasteiger partial charge in [0.15, 0.2) is 0 Å². The van der Waals surface area contributed by atoms with Gasteiger partial charge in [0.05, 0.1) is 29.1 Å².